The summed E-state index contributed by atoms with van der Waals surface area (Å²) in [7, 11) is 0. The van der Waals surface area contributed by atoms with Crippen molar-refractivity contribution in [1.29, 1.82) is 0 Å². The zero-order valence-corrected chi connectivity index (χ0v) is 18.0. The lowest BCUT2D eigenvalue weighted by Crippen LogP contribution is -2.46. The van der Waals surface area contributed by atoms with Gasteiger partial charge in [0.25, 0.3) is 5.56 Å². The second-order valence-electron chi connectivity index (χ2n) is 8.07. The number of likely N-dealkylation sites (N-methyl/N-ethyl adjacent to an activating group) is 1. The number of para-hydroxylation sites is 1. The third-order valence-electron chi connectivity index (χ3n) is 6.22. The lowest BCUT2D eigenvalue weighted by atomic mass is 10.1. The predicted molar refractivity (Wildman–Crippen MR) is 122 cm³/mol. The Hall–Kier alpha value is -3.26. The highest BCUT2D eigenvalue weighted by Crippen LogP contribution is 2.32. The van der Waals surface area contributed by atoms with Crippen LogP contribution < -0.4 is 15.4 Å². The molecule has 1 saturated heterocycles. The van der Waals surface area contributed by atoms with E-state index in [9.17, 15) is 4.79 Å². The van der Waals surface area contributed by atoms with Crippen LogP contribution >= 0.6 is 0 Å². The van der Waals surface area contributed by atoms with Crippen molar-refractivity contribution in [3.05, 3.63) is 58.1 Å². The smallest absolute Gasteiger partial charge is 0.252 e. The van der Waals surface area contributed by atoms with E-state index in [2.05, 4.69) is 43.7 Å². The molecule has 8 heteroatoms. The number of H-pyrrole nitrogens is 1. The Bertz CT molecular complexity index is 1150. The van der Waals surface area contributed by atoms with E-state index in [1.54, 1.807) is 6.20 Å². The van der Waals surface area contributed by atoms with Gasteiger partial charge >= 0.3 is 0 Å². The topological polar surface area (TPSA) is 81.2 Å². The molecule has 0 aliphatic carbocycles. The standard InChI is InChI=1S/C23H27N7O/c1-3-28-10-12-29(13-11-28)22-24-15-18(16(2)25-22)19-14-21(31)27-23(26-19)30-9-8-17-6-4-5-7-20(17)30/h4-7,14-15H,3,8-13H2,1-2H3,(H,26,27,31). The number of nitrogens with one attached hydrogen (secondary N) is 1. The van der Waals surface area contributed by atoms with Crippen LogP contribution in [-0.2, 0) is 6.42 Å². The summed E-state index contributed by atoms with van der Waals surface area (Å²) in [5, 5.41) is 0. The first-order chi connectivity index (χ1) is 15.1. The minimum absolute atomic E-state index is 0.177. The molecule has 1 aromatic carbocycles. The SMILES string of the molecule is CCN1CCN(c2ncc(-c3cc(=O)[nH]c(N4CCc5ccccc54)n3)c(C)n2)CC1. The Kier molecular flexibility index (Phi) is 5.15. The minimum Gasteiger partial charge on any atom is -0.338 e. The van der Waals surface area contributed by atoms with Gasteiger partial charge in [-0.05, 0) is 31.5 Å². The number of hydrogen-bond donors (Lipinski definition) is 1. The van der Waals surface area contributed by atoms with Crippen LogP contribution in [0.5, 0.6) is 0 Å². The Morgan fingerprint density at radius 2 is 1.87 bits per heavy atom. The first kappa shape index (κ1) is 19.7. The van der Waals surface area contributed by atoms with Crippen LogP contribution in [0.2, 0.25) is 0 Å². The van der Waals surface area contributed by atoms with E-state index < -0.39 is 0 Å². The highest BCUT2D eigenvalue weighted by molar-refractivity contribution is 5.68. The molecule has 0 bridgehead atoms. The number of hydrogen-bond acceptors (Lipinski definition) is 7. The third-order valence-corrected chi connectivity index (χ3v) is 6.22. The van der Waals surface area contributed by atoms with Crippen molar-refractivity contribution in [3.63, 3.8) is 0 Å². The van der Waals surface area contributed by atoms with Crippen molar-refractivity contribution in [2.75, 3.05) is 49.1 Å². The van der Waals surface area contributed by atoms with Gasteiger partial charge < -0.3 is 14.7 Å². The Balaban J connectivity index is 1.44. The molecule has 5 rings (SSSR count). The minimum atomic E-state index is -0.177. The van der Waals surface area contributed by atoms with Crippen LogP contribution in [0, 0.1) is 6.92 Å². The second-order valence-corrected chi connectivity index (χ2v) is 8.07. The van der Waals surface area contributed by atoms with E-state index in [-0.39, 0.29) is 5.56 Å². The summed E-state index contributed by atoms with van der Waals surface area (Å²) in [6, 6.07) is 9.76. The zero-order chi connectivity index (χ0) is 21.4. The van der Waals surface area contributed by atoms with Gasteiger partial charge in [0.05, 0.1) is 11.4 Å². The lowest BCUT2D eigenvalue weighted by Gasteiger charge is -2.34. The molecular weight excluding hydrogens is 390 g/mol. The number of fused-ring (bicyclic) bond motifs is 1. The molecule has 160 valence electrons. The summed E-state index contributed by atoms with van der Waals surface area (Å²) in [5.74, 6) is 1.31. The van der Waals surface area contributed by atoms with Gasteiger partial charge in [-0.15, -0.1) is 0 Å². The predicted octanol–water partition coefficient (Wildman–Crippen LogP) is 2.37. The van der Waals surface area contributed by atoms with Gasteiger partial charge in [0.15, 0.2) is 0 Å². The number of piperazine rings is 1. The molecule has 0 spiro atoms. The van der Waals surface area contributed by atoms with Crippen LogP contribution in [0.3, 0.4) is 0 Å². The van der Waals surface area contributed by atoms with Gasteiger partial charge in [-0.3, -0.25) is 9.78 Å². The van der Waals surface area contributed by atoms with Crippen molar-refractivity contribution < 1.29 is 0 Å². The molecule has 0 saturated carbocycles. The molecule has 0 amide bonds. The quantitative estimate of drug-likeness (QED) is 0.698. The summed E-state index contributed by atoms with van der Waals surface area (Å²) < 4.78 is 0. The molecule has 1 N–H and O–H groups in total. The summed E-state index contributed by atoms with van der Waals surface area (Å²) in [6.45, 7) is 9.91. The highest BCUT2D eigenvalue weighted by Gasteiger charge is 2.23. The van der Waals surface area contributed by atoms with Crippen LogP contribution in [0.15, 0.2) is 41.3 Å². The normalized spacial score (nSPS) is 16.6. The monoisotopic (exact) mass is 417 g/mol. The van der Waals surface area contributed by atoms with E-state index in [0.717, 1.165) is 68.6 Å². The van der Waals surface area contributed by atoms with Crippen molar-refractivity contribution in [2.24, 2.45) is 0 Å². The number of rotatable bonds is 4. The molecule has 31 heavy (non-hydrogen) atoms. The van der Waals surface area contributed by atoms with Gasteiger partial charge in [0.2, 0.25) is 11.9 Å². The molecule has 4 heterocycles. The molecule has 3 aromatic rings. The number of aromatic amines is 1. The number of anilines is 3. The zero-order valence-electron chi connectivity index (χ0n) is 18.0. The van der Waals surface area contributed by atoms with Crippen LogP contribution in [0.25, 0.3) is 11.3 Å². The first-order valence-corrected chi connectivity index (χ1v) is 10.9. The summed E-state index contributed by atoms with van der Waals surface area (Å²) >= 11 is 0. The van der Waals surface area contributed by atoms with Crippen molar-refractivity contribution in [2.45, 2.75) is 20.3 Å². The average molecular weight is 418 g/mol. The highest BCUT2D eigenvalue weighted by atomic mass is 16.1. The van der Waals surface area contributed by atoms with Gasteiger partial charge in [-0.2, -0.15) is 0 Å². The van der Waals surface area contributed by atoms with Crippen LogP contribution in [-0.4, -0.2) is 64.1 Å². The number of benzene rings is 1. The second kappa shape index (κ2) is 8.11. The van der Waals surface area contributed by atoms with Crippen molar-refractivity contribution in [1.82, 2.24) is 24.8 Å². The fourth-order valence-electron chi connectivity index (χ4n) is 4.39. The summed E-state index contributed by atoms with van der Waals surface area (Å²) in [5.41, 5.74) is 4.40. The average Bonchev–Trinajstić information content (AvgIpc) is 3.23. The van der Waals surface area contributed by atoms with Crippen LogP contribution in [0.4, 0.5) is 17.6 Å². The van der Waals surface area contributed by atoms with Gasteiger partial charge in [-0.25, -0.2) is 15.0 Å². The molecule has 0 unspecified atom stereocenters. The summed E-state index contributed by atoms with van der Waals surface area (Å²) in [6.07, 6.45) is 2.74. The van der Waals surface area contributed by atoms with Crippen molar-refractivity contribution >= 4 is 17.6 Å². The number of aromatic nitrogens is 4. The molecular formula is C23H27N7O. The Morgan fingerprint density at radius 1 is 1.06 bits per heavy atom. The molecule has 2 aliphatic rings. The van der Waals surface area contributed by atoms with Crippen LogP contribution in [0.1, 0.15) is 18.2 Å². The number of nitrogens with zero attached hydrogens (tertiary/aromatic N) is 6. The molecule has 0 atom stereocenters. The van der Waals surface area contributed by atoms with E-state index >= 15 is 0 Å². The van der Waals surface area contributed by atoms with Gasteiger partial charge in [-0.1, -0.05) is 25.1 Å². The van der Waals surface area contributed by atoms with E-state index in [1.807, 2.05) is 19.1 Å². The Morgan fingerprint density at radius 3 is 2.65 bits per heavy atom. The largest absolute Gasteiger partial charge is 0.338 e. The van der Waals surface area contributed by atoms with Crippen molar-refractivity contribution in [3.8, 4) is 11.3 Å². The molecule has 8 nitrogen and oxygen atoms in total. The molecule has 0 radical (unpaired) electrons. The molecule has 1 fully saturated rings. The van der Waals surface area contributed by atoms with E-state index in [1.165, 1.54) is 11.6 Å². The molecule has 2 aliphatic heterocycles. The first-order valence-electron chi connectivity index (χ1n) is 10.9. The molecule has 2 aromatic heterocycles. The van der Waals surface area contributed by atoms with Gasteiger partial charge in [0.1, 0.15) is 0 Å². The maximum atomic E-state index is 12.5. The van der Waals surface area contributed by atoms with E-state index in [0.29, 0.717) is 11.6 Å². The fourth-order valence-corrected chi connectivity index (χ4v) is 4.39. The fraction of sp³-hybridized carbons (Fsp3) is 0.391. The van der Waals surface area contributed by atoms with Gasteiger partial charge in [0, 0.05) is 56.2 Å². The Labute approximate surface area is 181 Å². The van der Waals surface area contributed by atoms with E-state index in [4.69, 9.17) is 9.97 Å². The third kappa shape index (κ3) is 3.79. The maximum Gasteiger partial charge on any atom is 0.252 e. The lowest BCUT2D eigenvalue weighted by molar-refractivity contribution is 0.270. The maximum absolute atomic E-state index is 12.5. The summed E-state index contributed by atoms with van der Waals surface area (Å²) in [4.78, 5) is 36.2. The number of aryl methyl sites for hydroxylation is 1.